The van der Waals surface area contributed by atoms with E-state index in [9.17, 15) is 14.4 Å². The average Bonchev–Trinajstić information content (AvgIpc) is 3.20. The largest absolute Gasteiger partial charge is 0.458 e. The van der Waals surface area contributed by atoms with Gasteiger partial charge in [-0.25, -0.2) is 9.59 Å². The molecule has 2 heterocycles. The summed E-state index contributed by atoms with van der Waals surface area (Å²) in [5, 5.41) is 0. The standard InChI is InChI=1S/C26H22N2O5S/c1-4-26(16-32-24(30)19-8-6-5-7-9-19)14-21(34-20-12-10-17(2)11-13-20)23(33-26)28-15-18(3)22(29)27-25(28)31/h1,5-15,23H,16H2,2-3H3,(H,27,29,31)/t23-,26+/m1/s1. The number of H-pyrrole nitrogens is 1. The van der Waals surface area contributed by atoms with E-state index in [4.69, 9.17) is 15.9 Å². The number of ether oxygens (including phenoxy) is 2. The van der Waals surface area contributed by atoms with E-state index in [1.54, 1.807) is 43.3 Å². The zero-order valence-corrected chi connectivity index (χ0v) is 19.4. The lowest BCUT2D eigenvalue weighted by Gasteiger charge is -2.24. The summed E-state index contributed by atoms with van der Waals surface area (Å²) in [4.78, 5) is 40.8. The number of rotatable bonds is 6. The predicted octanol–water partition coefficient (Wildman–Crippen LogP) is 3.59. The molecular formula is C26H22N2O5S. The van der Waals surface area contributed by atoms with Gasteiger partial charge in [0.1, 0.15) is 6.61 Å². The molecule has 1 aliphatic heterocycles. The number of hydrogen-bond donors (Lipinski definition) is 1. The van der Waals surface area contributed by atoms with Crippen LogP contribution in [0.1, 0.15) is 27.7 Å². The summed E-state index contributed by atoms with van der Waals surface area (Å²) in [6, 6.07) is 16.4. The third-order valence-electron chi connectivity index (χ3n) is 5.27. The van der Waals surface area contributed by atoms with Gasteiger partial charge in [0.2, 0.25) is 0 Å². The highest BCUT2D eigenvalue weighted by atomic mass is 32.2. The number of carbonyl (C=O) groups excluding carboxylic acids is 1. The highest BCUT2D eigenvalue weighted by molar-refractivity contribution is 8.03. The summed E-state index contributed by atoms with van der Waals surface area (Å²) in [7, 11) is 0. The molecular weight excluding hydrogens is 452 g/mol. The number of aryl methyl sites for hydroxylation is 2. The van der Waals surface area contributed by atoms with Crippen molar-refractivity contribution >= 4 is 17.7 Å². The first-order chi connectivity index (χ1) is 16.3. The van der Waals surface area contributed by atoms with E-state index in [2.05, 4.69) is 10.9 Å². The number of esters is 1. The summed E-state index contributed by atoms with van der Waals surface area (Å²) in [6.07, 6.45) is 8.04. The van der Waals surface area contributed by atoms with Crippen LogP contribution >= 0.6 is 11.8 Å². The van der Waals surface area contributed by atoms with E-state index in [0.29, 0.717) is 16.0 Å². The van der Waals surface area contributed by atoms with Crippen molar-refractivity contribution in [1.82, 2.24) is 9.55 Å². The predicted molar refractivity (Wildman–Crippen MR) is 130 cm³/mol. The fourth-order valence-corrected chi connectivity index (χ4v) is 4.45. The monoisotopic (exact) mass is 474 g/mol. The van der Waals surface area contributed by atoms with Gasteiger partial charge >= 0.3 is 11.7 Å². The van der Waals surface area contributed by atoms with Crippen LogP contribution in [0.5, 0.6) is 0 Å². The molecule has 1 N–H and O–H groups in total. The van der Waals surface area contributed by atoms with E-state index >= 15 is 0 Å². The van der Waals surface area contributed by atoms with Crippen molar-refractivity contribution < 1.29 is 14.3 Å². The highest BCUT2D eigenvalue weighted by Crippen LogP contribution is 2.44. The topological polar surface area (TPSA) is 90.4 Å². The Labute approximate surface area is 200 Å². The Kier molecular flexibility index (Phi) is 6.59. The normalized spacial score (nSPS) is 19.3. The minimum absolute atomic E-state index is 0.247. The molecule has 0 saturated heterocycles. The molecule has 8 heteroatoms. The molecule has 0 unspecified atom stereocenters. The van der Waals surface area contributed by atoms with Crippen LogP contribution in [0.3, 0.4) is 0 Å². The second kappa shape index (κ2) is 9.59. The van der Waals surface area contributed by atoms with Crippen LogP contribution in [-0.4, -0.2) is 27.7 Å². The summed E-state index contributed by atoms with van der Waals surface area (Å²) in [6.45, 7) is 3.33. The molecule has 0 radical (unpaired) electrons. The summed E-state index contributed by atoms with van der Waals surface area (Å²) < 4.78 is 12.9. The van der Waals surface area contributed by atoms with Crippen molar-refractivity contribution in [2.24, 2.45) is 0 Å². The zero-order valence-electron chi connectivity index (χ0n) is 18.6. The van der Waals surface area contributed by atoms with Crippen LogP contribution in [0.25, 0.3) is 0 Å². The molecule has 3 aromatic rings. The first-order valence-electron chi connectivity index (χ1n) is 10.5. The number of terminal acetylenes is 1. The summed E-state index contributed by atoms with van der Waals surface area (Å²) >= 11 is 1.38. The maximum atomic E-state index is 12.6. The fourth-order valence-electron chi connectivity index (χ4n) is 3.39. The van der Waals surface area contributed by atoms with Crippen LogP contribution in [-0.2, 0) is 9.47 Å². The SMILES string of the molecule is C#C[C@@]1(COC(=O)c2ccccc2)C=C(Sc2ccc(C)cc2)[C@H](n2cc(C)c(=O)[nH]c2=O)O1. The second-order valence-electron chi connectivity index (χ2n) is 7.89. The number of benzene rings is 2. The Hall–Kier alpha value is -3.80. The van der Waals surface area contributed by atoms with Crippen LogP contribution in [0.2, 0.25) is 0 Å². The van der Waals surface area contributed by atoms with Crippen molar-refractivity contribution in [1.29, 1.82) is 0 Å². The molecule has 0 saturated carbocycles. The van der Waals surface area contributed by atoms with E-state index in [1.807, 2.05) is 31.2 Å². The van der Waals surface area contributed by atoms with Crippen molar-refractivity contribution in [3.8, 4) is 12.3 Å². The van der Waals surface area contributed by atoms with Crippen molar-refractivity contribution in [3.63, 3.8) is 0 Å². The van der Waals surface area contributed by atoms with Gasteiger partial charge < -0.3 is 9.47 Å². The maximum Gasteiger partial charge on any atom is 0.338 e. The molecule has 0 fully saturated rings. The number of nitrogens with zero attached hydrogens (tertiary/aromatic N) is 1. The molecule has 34 heavy (non-hydrogen) atoms. The van der Waals surface area contributed by atoms with Gasteiger partial charge in [-0.2, -0.15) is 0 Å². The lowest BCUT2D eigenvalue weighted by Crippen LogP contribution is -2.38. The van der Waals surface area contributed by atoms with Crippen molar-refractivity contribution in [2.75, 3.05) is 6.61 Å². The van der Waals surface area contributed by atoms with Crippen LogP contribution in [0, 0.1) is 26.2 Å². The zero-order chi connectivity index (χ0) is 24.3. The Morgan fingerprint density at radius 2 is 1.88 bits per heavy atom. The molecule has 2 atom stereocenters. The summed E-state index contributed by atoms with van der Waals surface area (Å²) in [5.41, 5.74) is -0.672. The smallest absolute Gasteiger partial charge is 0.338 e. The molecule has 0 amide bonds. The maximum absolute atomic E-state index is 12.6. The van der Waals surface area contributed by atoms with Gasteiger partial charge in [0, 0.05) is 21.6 Å². The minimum atomic E-state index is -1.40. The lowest BCUT2D eigenvalue weighted by molar-refractivity contribution is -0.0582. The fraction of sp³-hybridized carbons (Fsp3) is 0.192. The Bertz CT molecular complexity index is 1400. The number of nitrogens with one attached hydrogen (secondary N) is 1. The quantitative estimate of drug-likeness (QED) is 0.434. The third-order valence-corrected chi connectivity index (χ3v) is 6.33. The van der Waals surface area contributed by atoms with Crippen LogP contribution < -0.4 is 11.2 Å². The number of carbonyl (C=O) groups is 1. The molecule has 1 aromatic heterocycles. The van der Waals surface area contributed by atoms with Gasteiger partial charge in [-0.15, -0.1) is 6.42 Å². The highest BCUT2D eigenvalue weighted by Gasteiger charge is 2.42. The van der Waals surface area contributed by atoms with E-state index in [-0.39, 0.29) is 6.61 Å². The van der Waals surface area contributed by atoms with Crippen LogP contribution in [0.4, 0.5) is 0 Å². The number of hydrogen-bond acceptors (Lipinski definition) is 6. The first-order valence-corrected chi connectivity index (χ1v) is 11.3. The van der Waals surface area contributed by atoms with Crippen molar-refractivity contribution in [3.05, 3.63) is 109 Å². The molecule has 4 rings (SSSR count). The number of aromatic amines is 1. The van der Waals surface area contributed by atoms with Crippen LogP contribution in [0.15, 0.2) is 86.3 Å². The molecule has 0 aliphatic carbocycles. The third kappa shape index (κ3) is 4.91. The Morgan fingerprint density at radius 3 is 2.56 bits per heavy atom. The molecule has 2 aromatic carbocycles. The van der Waals surface area contributed by atoms with Gasteiger partial charge in [-0.1, -0.05) is 53.6 Å². The van der Waals surface area contributed by atoms with Crippen molar-refractivity contribution in [2.45, 2.75) is 30.6 Å². The Morgan fingerprint density at radius 1 is 1.18 bits per heavy atom. The molecule has 0 spiro atoms. The molecule has 1 aliphatic rings. The summed E-state index contributed by atoms with van der Waals surface area (Å²) in [5.74, 6) is 2.04. The first kappa shape index (κ1) is 23.4. The average molecular weight is 475 g/mol. The lowest BCUT2D eigenvalue weighted by atomic mass is 10.1. The van der Waals surface area contributed by atoms with E-state index in [0.717, 1.165) is 10.5 Å². The van der Waals surface area contributed by atoms with Gasteiger partial charge in [-0.3, -0.25) is 14.3 Å². The van der Waals surface area contributed by atoms with Gasteiger partial charge in [-0.05, 0) is 44.2 Å². The minimum Gasteiger partial charge on any atom is -0.458 e. The number of thioether (sulfide) groups is 1. The molecule has 0 bridgehead atoms. The second-order valence-corrected chi connectivity index (χ2v) is 9.03. The Balaban J connectivity index is 1.68. The molecule has 172 valence electrons. The van der Waals surface area contributed by atoms with E-state index in [1.165, 1.54) is 22.5 Å². The van der Waals surface area contributed by atoms with Gasteiger partial charge in [0.15, 0.2) is 11.8 Å². The number of aromatic nitrogens is 2. The van der Waals surface area contributed by atoms with Gasteiger partial charge in [0.25, 0.3) is 5.56 Å². The van der Waals surface area contributed by atoms with E-state index < -0.39 is 29.0 Å². The molecule has 7 nitrogen and oxygen atoms in total. The van der Waals surface area contributed by atoms with Gasteiger partial charge in [0.05, 0.1) is 5.56 Å².